The van der Waals surface area contributed by atoms with Crippen molar-refractivity contribution in [3.05, 3.63) is 71.6 Å². The zero-order chi connectivity index (χ0) is 19.6. The minimum Gasteiger partial charge on any atom is -0.337 e. The maximum Gasteiger partial charge on any atom is 0.272 e. The lowest BCUT2D eigenvalue weighted by atomic mass is 10.1. The highest BCUT2D eigenvalue weighted by Crippen LogP contribution is 2.28. The van der Waals surface area contributed by atoms with Crippen LogP contribution in [-0.2, 0) is 16.4 Å². The predicted octanol–water partition coefficient (Wildman–Crippen LogP) is 4.80. The molecule has 0 bridgehead atoms. The fourth-order valence-electron chi connectivity index (χ4n) is 2.76. The van der Waals surface area contributed by atoms with Crippen LogP contribution in [-0.4, -0.2) is 18.4 Å². The number of nitrogens with one attached hydrogen (secondary N) is 2. The van der Waals surface area contributed by atoms with Gasteiger partial charge in [-0.15, -0.1) is 11.3 Å². The van der Waals surface area contributed by atoms with Gasteiger partial charge < -0.3 is 5.32 Å². The van der Waals surface area contributed by atoms with Gasteiger partial charge in [-0.05, 0) is 47.7 Å². The number of hydrogen-bond donors (Lipinski definition) is 2. The van der Waals surface area contributed by atoms with Gasteiger partial charge >= 0.3 is 0 Å². The molecule has 28 heavy (non-hydrogen) atoms. The first-order valence-electron chi connectivity index (χ1n) is 8.74. The van der Waals surface area contributed by atoms with Crippen molar-refractivity contribution in [3.63, 3.8) is 0 Å². The van der Waals surface area contributed by atoms with E-state index in [-0.39, 0.29) is 10.0 Å². The molecule has 0 aliphatic heterocycles. The molecule has 2 aromatic carbocycles. The summed E-state index contributed by atoms with van der Waals surface area (Å²) in [5.41, 5.74) is 3.27. The van der Waals surface area contributed by atoms with Crippen molar-refractivity contribution in [2.24, 2.45) is 0 Å². The maximum absolute atomic E-state index is 12.7. The maximum atomic E-state index is 12.7. The minimum absolute atomic E-state index is 0.161. The molecule has 0 amide bonds. The van der Waals surface area contributed by atoms with E-state index < -0.39 is 10.0 Å². The number of anilines is 3. The number of benzene rings is 2. The van der Waals surface area contributed by atoms with E-state index in [1.807, 2.05) is 42.5 Å². The zero-order valence-electron chi connectivity index (χ0n) is 15.1. The first kappa shape index (κ1) is 18.4. The summed E-state index contributed by atoms with van der Waals surface area (Å²) in [7, 11) is -3.74. The summed E-state index contributed by atoms with van der Waals surface area (Å²) in [6, 6.07) is 18.5. The molecule has 0 saturated carbocycles. The van der Waals surface area contributed by atoms with Gasteiger partial charge in [-0.25, -0.2) is 18.4 Å². The molecule has 4 aromatic rings. The SMILES string of the molecule is CCc1cccc(Nc2nc3ccccc3nc2NS(=O)(=O)c2cccs2)c1. The average molecular weight is 411 g/mol. The fourth-order valence-corrected chi connectivity index (χ4v) is 4.76. The molecule has 2 aromatic heterocycles. The molecule has 0 atom stereocenters. The van der Waals surface area contributed by atoms with Gasteiger partial charge in [-0.1, -0.05) is 37.3 Å². The van der Waals surface area contributed by atoms with Crippen LogP contribution in [0.3, 0.4) is 0 Å². The van der Waals surface area contributed by atoms with Crippen molar-refractivity contribution in [2.45, 2.75) is 17.6 Å². The van der Waals surface area contributed by atoms with Crippen LogP contribution in [0.4, 0.5) is 17.3 Å². The Kier molecular flexibility index (Phi) is 4.97. The van der Waals surface area contributed by atoms with Gasteiger partial charge in [0.2, 0.25) is 0 Å². The number of hydrogen-bond acceptors (Lipinski definition) is 6. The van der Waals surface area contributed by atoms with Gasteiger partial charge in [0.25, 0.3) is 10.0 Å². The average Bonchev–Trinajstić information content (AvgIpc) is 3.24. The van der Waals surface area contributed by atoms with E-state index in [9.17, 15) is 8.42 Å². The number of aryl methyl sites for hydroxylation is 1. The van der Waals surface area contributed by atoms with Crippen LogP contribution in [0.5, 0.6) is 0 Å². The van der Waals surface area contributed by atoms with Crippen molar-refractivity contribution < 1.29 is 8.42 Å². The molecule has 6 nitrogen and oxygen atoms in total. The minimum atomic E-state index is -3.74. The molecule has 142 valence electrons. The Hall–Kier alpha value is -2.97. The summed E-state index contributed by atoms with van der Waals surface area (Å²) < 4.78 is 28.2. The van der Waals surface area contributed by atoms with Crippen molar-refractivity contribution in [3.8, 4) is 0 Å². The number of rotatable bonds is 6. The van der Waals surface area contributed by atoms with Gasteiger partial charge in [-0.3, -0.25) is 4.72 Å². The number of fused-ring (bicyclic) bond motifs is 1. The number of para-hydroxylation sites is 2. The van der Waals surface area contributed by atoms with Crippen LogP contribution in [0.25, 0.3) is 11.0 Å². The number of aromatic nitrogens is 2. The van der Waals surface area contributed by atoms with Crippen molar-refractivity contribution in [1.82, 2.24) is 9.97 Å². The Morgan fingerprint density at radius 2 is 1.68 bits per heavy atom. The highest BCUT2D eigenvalue weighted by Gasteiger charge is 2.19. The van der Waals surface area contributed by atoms with E-state index in [4.69, 9.17) is 0 Å². The second-order valence-electron chi connectivity index (χ2n) is 6.13. The van der Waals surface area contributed by atoms with Gasteiger partial charge in [0.15, 0.2) is 11.6 Å². The van der Waals surface area contributed by atoms with Crippen LogP contribution in [0, 0.1) is 0 Å². The topological polar surface area (TPSA) is 84.0 Å². The Labute approximate surface area is 167 Å². The van der Waals surface area contributed by atoms with Gasteiger partial charge in [0.1, 0.15) is 4.21 Å². The second kappa shape index (κ2) is 7.57. The molecule has 0 saturated heterocycles. The van der Waals surface area contributed by atoms with Crippen LogP contribution in [0.15, 0.2) is 70.3 Å². The third kappa shape index (κ3) is 3.83. The molecular formula is C20H18N4O2S2. The van der Waals surface area contributed by atoms with Crippen LogP contribution in [0.2, 0.25) is 0 Å². The summed E-state index contributed by atoms with van der Waals surface area (Å²) in [6.45, 7) is 2.08. The first-order chi connectivity index (χ1) is 13.5. The highest BCUT2D eigenvalue weighted by atomic mass is 32.2. The third-order valence-corrected chi connectivity index (χ3v) is 6.90. The van der Waals surface area contributed by atoms with Gasteiger partial charge in [-0.2, -0.15) is 0 Å². The van der Waals surface area contributed by atoms with E-state index >= 15 is 0 Å². The molecule has 2 heterocycles. The van der Waals surface area contributed by atoms with Crippen LogP contribution < -0.4 is 10.0 Å². The molecule has 0 aliphatic rings. The molecule has 4 rings (SSSR count). The van der Waals surface area contributed by atoms with Crippen molar-refractivity contribution >= 4 is 49.7 Å². The molecular weight excluding hydrogens is 392 g/mol. The molecule has 0 spiro atoms. The lowest BCUT2D eigenvalue weighted by molar-refractivity contribution is 0.603. The largest absolute Gasteiger partial charge is 0.337 e. The normalized spacial score (nSPS) is 11.5. The van der Waals surface area contributed by atoms with E-state index in [1.54, 1.807) is 23.6 Å². The summed E-state index contributed by atoms with van der Waals surface area (Å²) >= 11 is 1.15. The molecule has 0 fully saturated rings. The Morgan fingerprint density at radius 1 is 0.929 bits per heavy atom. The summed E-state index contributed by atoms with van der Waals surface area (Å²) in [5, 5.41) is 4.93. The first-order valence-corrected chi connectivity index (χ1v) is 11.1. The fraction of sp³-hybridized carbons (Fsp3) is 0.100. The second-order valence-corrected chi connectivity index (χ2v) is 8.98. The zero-order valence-corrected chi connectivity index (χ0v) is 16.7. The predicted molar refractivity (Wildman–Crippen MR) is 114 cm³/mol. The lowest BCUT2D eigenvalue weighted by Crippen LogP contribution is -2.15. The molecule has 0 radical (unpaired) electrons. The number of sulfonamides is 1. The number of thiophene rings is 1. The molecule has 0 aliphatic carbocycles. The molecule has 0 unspecified atom stereocenters. The van der Waals surface area contributed by atoms with Crippen LogP contribution in [0.1, 0.15) is 12.5 Å². The quantitative estimate of drug-likeness (QED) is 0.477. The van der Waals surface area contributed by atoms with Crippen molar-refractivity contribution in [1.29, 1.82) is 0 Å². The Balaban J connectivity index is 1.78. The lowest BCUT2D eigenvalue weighted by Gasteiger charge is -2.13. The van der Waals surface area contributed by atoms with E-state index in [2.05, 4.69) is 26.9 Å². The van der Waals surface area contributed by atoms with Gasteiger partial charge in [0, 0.05) is 5.69 Å². The molecule has 8 heteroatoms. The number of nitrogens with zero attached hydrogens (tertiary/aromatic N) is 2. The van der Waals surface area contributed by atoms with Crippen LogP contribution >= 0.6 is 11.3 Å². The monoisotopic (exact) mass is 410 g/mol. The third-order valence-electron chi connectivity index (χ3n) is 4.16. The smallest absolute Gasteiger partial charge is 0.272 e. The summed E-state index contributed by atoms with van der Waals surface area (Å²) in [6.07, 6.45) is 0.900. The highest BCUT2D eigenvalue weighted by molar-refractivity contribution is 7.94. The van der Waals surface area contributed by atoms with Crippen molar-refractivity contribution in [2.75, 3.05) is 10.0 Å². The van der Waals surface area contributed by atoms with E-state index in [0.29, 0.717) is 16.9 Å². The Bertz CT molecular complexity index is 1220. The summed E-state index contributed by atoms with van der Waals surface area (Å²) in [4.78, 5) is 9.09. The van der Waals surface area contributed by atoms with E-state index in [0.717, 1.165) is 23.4 Å². The molecule has 2 N–H and O–H groups in total. The Morgan fingerprint density at radius 3 is 2.36 bits per heavy atom. The summed E-state index contributed by atoms with van der Waals surface area (Å²) in [5.74, 6) is 0.515. The van der Waals surface area contributed by atoms with E-state index in [1.165, 1.54) is 5.56 Å². The standard InChI is InChI=1S/C20H18N4O2S2/c1-2-14-7-5-8-15(13-14)21-19-20(23-17-10-4-3-9-16(17)22-19)24-28(25,26)18-11-6-12-27-18/h3-13H,2H2,1H3,(H,21,22)(H,23,24). The van der Waals surface area contributed by atoms with Gasteiger partial charge in [0.05, 0.1) is 11.0 Å².